The highest BCUT2D eigenvalue weighted by Gasteiger charge is 2.25. The lowest BCUT2D eigenvalue weighted by Gasteiger charge is -2.11. The molecular formula is C19H14N2O7S. The van der Waals surface area contributed by atoms with Gasteiger partial charge in [0.05, 0.1) is 22.0 Å². The van der Waals surface area contributed by atoms with Crippen LogP contribution in [0.2, 0.25) is 0 Å². The van der Waals surface area contributed by atoms with Crippen LogP contribution in [0.3, 0.4) is 0 Å². The van der Waals surface area contributed by atoms with Crippen LogP contribution in [0.25, 0.3) is 6.08 Å². The Balaban J connectivity index is 1.82. The molecular weight excluding hydrogens is 400 g/mol. The van der Waals surface area contributed by atoms with E-state index in [1.54, 1.807) is 19.1 Å². The van der Waals surface area contributed by atoms with Gasteiger partial charge >= 0.3 is 5.97 Å². The Bertz CT molecular complexity index is 1030. The Hall–Kier alpha value is -3.66. The van der Waals surface area contributed by atoms with Crippen molar-refractivity contribution >= 4 is 40.6 Å². The number of carbonyl (C=O) groups is 3. The first-order chi connectivity index (χ1) is 13.9. The number of thioether (sulfide) groups is 1. The number of ether oxygens (including phenoxy) is 2. The van der Waals surface area contributed by atoms with E-state index in [2.05, 4.69) is 5.32 Å². The highest BCUT2D eigenvalue weighted by Crippen LogP contribution is 2.32. The van der Waals surface area contributed by atoms with Gasteiger partial charge in [-0.25, -0.2) is 4.79 Å². The van der Waals surface area contributed by atoms with Crippen LogP contribution < -0.4 is 14.8 Å². The van der Waals surface area contributed by atoms with Crippen LogP contribution in [0.5, 0.6) is 11.5 Å². The molecule has 1 N–H and O–H groups in total. The third-order valence-electron chi connectivity index (χ3n) is 3.72. The van der Waals surface area contributed by atoms with Gasteiger partial charge in [-0.3, -0.25) is 25.0 Å². The predicted molar refractivity (Wildman–Crippen MR) is 105 cm³/mol. The number of hydrogen-bond acceptors (Lipinski definition) is 8. The number of nitro benzene ring substituents is 1. The Morgan fingerprint density at radius 2 is 1.90 bits per heavy atom. The zero-order valence-electron chi connectivity index (χ0n) is 15.0. The molecule has 148 valence electrons. The van der Waals surface area contributed by atoms with Crippen molar-refractivity contribution in [2.75, 3.05) is 6.61 Å². The number of benzene rings is 2. The summed E-state index contributed by atoms with van der Waals surface area (Å²) < 4.78 is 10.9. The van der Waals surface area contributed by atoms with Gasteiger partial charge in [0.15, 0.2) is 11.5 Å². The molecule has 1 heterocycles. The number of amides is 2. The van der Waals surface area contributed by atoms with Gasteiger partial charge in [0, 0.05) is 12.1 Å². The first kappa shape index (κ1) is 20.1. The van der Waals surface area contributed by atoms with E-state index in [9.17, 15) is 24.5 Å². The average Bonchev–Trinajstić information content (AvgIpc) is 3.00. The number of nitrogens with zero attached hydrogens (tertiary/aromatic N) is 1. The molecule has 0 atom stereocenters. The fraction of sp³-hybridized carbons (Fsp3) is 0.105. The SMILES string of the molecule is CCOc1cc(/C=C2\SC(=O)NC2=O)ccc1OC(=O)c1ccc([N+](=O)[O-])cc1. The quantitative estimate of drug-likeness (QED) is 0.250. The van der Waals surface area contributed by atoms with Gasteiger partial charge in [0.1, 0.15) is 0 Å². The van der Waals surface area contributed by atoms with Gasteiger partial charge in [-0.2, -0.15) is 0 Å². The summed E-state index contributed by atoms with van der Waals surface area (Å²) in [6, 6.07) is 9.69. The van der Waals surface area contributed by atoms with Crippen molar-refractivity contribution in [2.24, 2.45) is 0 Å². The molecule has 0 unspecified atom stereocenters. The minimum Gasteiger partial charge on any atom is -0.490 e. The standard InChI is InChI=1S/C19H14N2O7S/c1-2-27-15-9-11(10-16-17(22)20-19(24)29-16)3-8-14(15)28-18(23)12-4-6-13(7-5-12)21(25)26/h3-10H,2H2,1H3,(H,20,22,24)/b16-10-. The fourth-order valence-corrected chi connectivity index (χ4v) is 3.10. The zero-order valence-corrected chi connectivity index (χ0v) is 15.9. The normalized spacial score (nSPS) is 14.6. The number of nitrogens with one attached hydrogen (secondary N) is 1. The molecule has 0 radical (unpaired) electrons. The molecule has 1 saturated heterocycles. The van der Waals surface area contributed by atoms with E-state index < -0.39 is 22.0 Å². The number of hydrogen-bond donors (Lipinski definition) is 1. The lowest BCUT2D eigenvalue weighted by molar-refractivity contribution is -0.384. The number of esters is 1. The molecule has 0 bridgehead atoms. The number of carbonyl (C=O) groups excluding carboxylic acids is 3. The van der Waals surface area contributed by atoms with Crippen molar-refractivity contribution in [1.29, 1.82) is 0 Å². The third-order valence-corrected chi connectivity index (χ3v) is 4.53. The highest BCUT2D eigenvalue weighted by molar-refractivity contribution is 8.18. The summed E-state index contributed by atoms with van der Waals surface area (Å²) in [6.07, 6.45) is 1.52. The maximum atomic E-state index is 12.3. The van der Waals surface area contributed by atoms with Crippen LogP contribution in [0.1, 0.15) is 22.8 Å². The third kappa shape index (κ3) is 4.79. The van der Waals surface area contributed by atoms with E-state index in [4.69, 9.17) is 9.47 Å². The van der Waals surface area contributed by atoms with Crippen molar-refractivity contribution in [3.63, 3.8) is 0 Å². The molecule has 3 rings (SSSR count). The van der Waals surface area contributed by atoms with Crippen LogP contribution in [-0.2, 0) is 4.79 Å². The summed E-state index contributed by atoms with van der Waals surface area (Å²) in [5.41, 5.74) is 0.582. The molecule has 2 aromatic carbocycles. The Morgan fingerprint density at radius 3 is 2.48 bits per heavy atom. The first-order valence-corrected chi connectivity index (χ1v) is 9.17. The van der Waals surface area contributed by atoms with Gasteiger partial charge in [-0.05, 0) is 54.6 Å². The number of imide groups is 1. The van der Waals surface area contributed by atoms with Crippen LogP contribution in [0.4, 0.5) is 10.5 Å². The Kier molecular flexibility index (Phi) is 5.93. The van der Waals surface area contributed by atoms with E-state index in [-0.39, 0.29) is 27.7 Å². The second kappa shape index (κ2) is 8.57. The smallest absolute Gasteiger partial charge is 0.343 e. The molecule has 9 nitrogen and oxygen atoms in total. The average molecular weight is 414 g/mol. The number of nitro groups is 1. The van der Waals surface area contributed by atoms with E-state index >= 15 is 0 Å². The van der Waals surface area contributed by atoms with Crippen LogP contribution in [-0.4, -0.2) is 28.6 Å². The fourth-order valence-electron chi connectivity index (χ4n) is 2.42. The maximum Gasteiger partial charge on any atom is 0.343 e. The van der Waals surface area contributed by atoms with Gasteiger partial charge in [-0.15, -0.1) is 0 Å². The second-order valence-electron chi connectivity index (χ2n) is 5.68. The summed E-state index contributed by atoms with van der Waals surface area (Å²) in [4.78, 5) is 45.7. The molecule has 1 aliphatic heterocycles. The minimum atomic E-state index is -0.705. The maximum absolute atomic E-state index is 12.3. The van der Waals surface area contributed by atoms with Crippen LogP contribution >= 0.6 is 11.8 Å². The lowest BCUT2D eigenvalue weighted by Crippen LogP contribution is -2.17. The zero-order chi connectivity index (χ0) is 21.0. The molecule has 0 aliphatic carbocycles. The van der Waals surface area contributed by atoms with Crippen LogP contribution in [0.15, 0.2) is 47.4 Å². The van der Waals surface area contributed by atoms with Gasteiger partial charge in [0.2, 0.25) is 0 Å². The monoisotopic (exact) mass is 414 g/mol. The molecule has 0 saturated carbocycles. The number of rotatable bonds is 6. The van der Waals surface area contributed by atoms with E-state index in [0.29, 0.717) is 12.2 Å². The van der Waals surface area contributed by atoms with Crippen molar-refractivity contribution in [1.82, 2.24) is 5.32 Å². The van der Waals surface area contributed by atoms with Gasteiger partial charge < -0.3 is 9.47 Å². The van der Waals surface area contributed by atoms with Crippen molar-refractivity contribution in [3.8, 4) is 11.5 Å². The van der Waals surface area contributed by atoms with Crippen molar-refractivity contribution < 1.29 is 28.8 Å². The summed E-state index contributed by atoms with van der Waals surface area (Å²) in [7, 11) is 0. The summed E-state index contributed by atoms with van der Waals surface area (Å²) in [5.74, 6) is -0.765. The molecule has 2 amide bonds. The van der Waals surface area contributed by atoms with Gasteiger partial charge in [-0.1, -0.05) is 6.07 Å². The summed E-state index contributed by atoms with van der Waals surface area (Å²) in [5, 5.41) is 12.4. The molecule has 2 aromatic rings. The Labute approximate surface area is 168 Å². The molecule has 0 aromatic heterocycles. The molecule has 0 spiro atoms. The van der Waals surface area contributed by atoms with Crippen LogP contribution in [0, 0.1) is 10.1 Å². The van der Waals surface area contributed by atoms with E-state index in [1.807, 2.05) is 0 Å². The molecule has 10 heteroatoms. The lowest BCUT2D eigenvalue weighted by atomic mass is 10.1. The van der Waals surface area contributed by atoms with E-state index in [0.717, 1.165) is 11.8 Å². The summed E-state index contributed by atoms with van der Waals surface area (Å²) >= 11 is 0.790. The largest absolute Gasteiger partial charge is 0.490 e. The molecule has 1 fully saturated rings. The number of non-ortho nitro benzene ring substituents is 1. The molecule has 29 heavy (non-hydrogen) atoms. The Morgan fingerprint density at radius 1 is 1.17 bits per heavy atom. The molecule has 1 aliphatic rings. The highest BCUT2D eigenvalue weighted by atomic mass is 32.2. The van der Waals surface area contributed by atoms with Crippen molar-refractivity contribution in [2.45, 2.75) is 6.92 Å². The van der Waals surface area contributed by atoms with Crippen molar-refractivity contribution in [3.05, 3.63) is 68.6 Å². The summed E-state index contributed by atoms with van der Waals surface area (Å²) in [6.45, 7) is 2.06. The second-order valence-corrected chi connectivity index (χ2v) is 6.70. The van der Waals surface area contributed by atoms with E-state index in [1.165, 1.54) is 36.4 Å². The minimum absolute atomic E-state index is 0.138. The topological polar surface area (TPSA) is 125 Å². The predicted octanol–water partition coefficient (Wildman–Crippen LogP) is 3.54. The van der Waals surface area contributed by atoms with Gasteiger partial charge in [0.25, 0.3) is 16.8 Å². The first-order valence-electron chi connectivity index (χ1n) is 8.35.